The number of aromatic nitrogens is 2. The third kappa shape index (κ3) is 4.24. The summed E-state index contributed by atoms with van der Waals surface area (Å²) in [5.41, 5.74) is 5.14. The molecule has 0 bridgehead atoms. The Bertz CT molecular complexity index is 857. The number of aryl methyl sites for hydroxylation is 3. The van der Waals surface area contributed by atoms with Crippen LogP contribution in [-0.2, 0) is 0 Å². The molecule has 3 rings (SSSR count). The summed E-state index contributed by atoms with van der Waals surface area (Å²) in [6.45, 7) is 6.08. The van der Waals surface area contributed by atoms with Crippen LogP contribution >= 0.6 is 11.6 Å². The summed E-state index contributed by atoms with van der Waals surface area (Å²) in [4.78, 5) is 9.00. The molecular weight excluding hydrogens is 320 g/mol. The Kier molecular flexibility index (Phi) is 4.67. The quantitative estimate of drug-likeness (QED) is 0.655. The van der Waals surface area contributed by atoms with Crippen molar-refractivity contribution in [3.8, 4) is 0 Å². The van der Waals surface area contributed by atoms with Gasteiger partial charge in [-0.15, -0.1) is 0 Å². The zero-order chi connectivity index (χ0) is 17.1. The summed E-state index contributed by atoms with van der Waals surface area (Å²) in [6.07, 6.45) is 0. The van der Waals surface area contributed by atoms with Crippen molar-refractivity contribution in [1.82, 2.24) is 9.97 Å². The first-order valence-electron chi connectivity index (χ1n) is 7.71. The van der Waals surface area contributed by atoms with Gasteiger partial charge in [0.2, 0.25) is 5.95 Å². The lowest BCUT2D eigenvalue weighted by Gasteiger charge is -2.11. The summed E-state index contributed by atoms with van der Waals surface area (Å²) < 4.78 is 0. The summed E-state index contributed by atoms with van der Waals surface area (Å²) in [5.74, 6) is 1.28. The molecule has 122 valence electrons. The monoisotopic (exact) mass is 338 g/mol. The van der Waals surface area contributed by atoms with E-state index in [4.69, 9.17) is 11.6 Å². The van der Waals surface area contributed by atoms with Crippen molar-refractivity contribution in [3.05, 3.63) is 70.4 Å². The fourth-order valence-electron chi connectivity index (χ4n) is 2.58. The van der Waals surface area contributed by atoms with Crippen molar-refractivity contribution in [1.29, 1.82) is 0 Å². The van der Waals surface area contributed by atoms with Gasteiger partial charge < -0.3 is 10.6 Å². The van der Waals surface area contributed by atoms with Crippen LogP contribution in [0, 0.1) is 20.8 Å². The minimum Gasteiger partial charge on any atom is -0.340 e. The molecule has 0 aliphatic rings. The second-order valence-corrected chi connectivity index (χ2v) is 6.29. The maximum atomic E-state index is 6.03. The molecule has 1 heterocycles. The second kappa shape index (κ2) is 6.89. The molecule has 2 aromatic carbocycles. The van der Waals surface area contributed by atoms with Crippen molar-refractivity contribution < 1.29 is 0 Å². The Balaban J connectivity index is 1.85. The van der Waals surface area contributed by atoms with Crippen LogP contribution in [0.25, 0.3) is 0 Å². The maximum absolute atomic E-state index is 6.03. The number of nitrogens with one attached hydrogen (secondary N) is 2. The molecule has 2 N–H and O–H groups in total. The Morgan fingerprint density at radius 1 is 0.792 bits per heavy atom. The molecule has 0 aliphatic heterocycles. The van der Waals surface area contributed by atoms with Gasteiger partial charge in [0.15, 0.2) is 0 Å². The van der Waals surface area contributed by atoms with Gasteiger partial charge in [-0.1, -0.05) is 23.7 Å². The normalized spacial score (nSPS) is 10.5. The number of nitrogens with zero attached hydrogens (tertiary/aromatic N) is 2. The number of benzene rings is 2. The molecule has 0 atom stereocenters. The highest BCUT2D eigenvalue weighted by molar-refractivity contribution is 6.30. The van der Waals surface area contributed by atoms with Crippen LogP contribution in [-0.4, -0.2) is 9.97 Å². The van der Waals surface area contributed by atoms with E-state index in [0.717, 1.165) is 22.9 Å². The number of hydrogen-bond acceptors (Lipinski definition) is 4. The van der Waals surface area contributed by atoms with Gasteiger partial charge in [-0.3, -0.25) is 0 Å². The molecule has 0 saturated heterocycles. The predicted molar refractivity (Wildman–Crippen MR) is 101 cm³/mol. The van der Waals surface area contributed by atoms with Crippen LogP contribution in [0.1, 0.15) is 16.8 Å². The van der Waals surface area contributed by atoms with Crippen LogP contribution in [0.5, 0.6) is 0 Å². The smallest absolute Gasteiger partial charge is 0.229 e. The van der Waals surface area contributed by atoms with Crippen molar-refractivity contribution >= 4 is 34.7 Å². The fourth-order valence-corrected chi connectivity index (χ4v) is 2.77. The molecule has 0 unspecified atom stereocenters. The largest absolute Gasteiger partial charge is 0.340 e. The first kappa shape index (κ1) is 16.3. The van der Waals surface area contributed by atoms with Crippen molar-refractivity contribution in [2.75, 3.05) is 10.6 Å². The van der Waals surface area contributed by atoms with E-state index in [-0.39, 0.29) is 0 Å². The Morgan fingerprint density at radius 3 is 2.25 bits per heavy atom. The first-order valence-corrected chi connectivity index (χ1v) is 8.09. The van der Waals surface area contributed by atoms with Crippen LogP contribution < -0.4 is 10.6 Å². The lowest BCUT2D eigenvalue weighted by atomic mass is 10.1. The number of hydrogen-bond donors (Lipinski definition) is 2. The van der Waals surface area contributed by atoms with E-state index in [1.807, 2.05) is 37.3 Å². The van der Waals surface area contributed by atoms with Gasteiger partial charge in [0.1, 0.15) is 5.82 Å². The number of anilines is 4. The molecule has 3 aromatic rings. The lowest BCUT2D eigenvalue weighted by Crippen LogP contribution is -2.02. The topological polar surface area (TPSA) is 49.8 Å². The van der Waals surface area contributed by atoms with Crippen LogP contribution in [0.4, 0.5) is 23.1 Å². The predicted octanol–water partition coefficient (Wildman–Crippen LogP) is 5.54. The average Bonchev–Trinajstić information content (AvgIpc) is 2.45. The molecule has 1 aromatic heterocycles. The SMILES string of the molecule is Cc1cc(C)cc(Nc2nc(C)cc(Nc3cccc(Cl)c3)n2)c1. The van der Waals surface area contributed by atoms with Crippen molar-refractivity contribution in [2.24, 2.45) is 0 Å². The minimum atomic E-state index is 0.560. The second-order valence-electron chi connectivity index (χ2n) is 5.85. The Morgan fingerprint density at radius 2 is 1.54 bits per heavy atom. The van der Waals surface area contributed by atoms with Crippen molar-refractivity contribution in [2.45, 2.75) is 20.8 Å². The first-order chi connectivity index (χ1) is 11.5. The zero-order valence-electron chi connectivity index (χ0n) is 13.9. The van der Waals surface area contributed by atoms with Gasteiger partial charge in [-0.05, 0) is 62.2 Å². The van der Waals surface area contributed by atoms with E-state index in [1.165, 1.54) is 11.1 Å². The molecule has 0 amide bonds. The van der Waals surface area contributed by atoms with E-state index in [9.17, 15) is 0 Å². The van der Waals surface area contributed by atoms with E-state index in [0.29, 0.717) is 11.0 Å². The van der Waals surface area contributed by atoms with Gasteiger partial charge in [-0.2, -0.15) is 4.98 Å². The maximum Gasteiger partial charge on any atom is 0.229 e. The molecule has 0 spiro atoms. The molecule has 24 heavy (non-hydrogen) atoms. The number of rotatable bonds is 4. The summed E-state index contributed by atoms with van der Waals surface area (Å²) in [6, 6.07) is 15.7. The van der Waals surface area contributed by atoms with Gasteiger partial charge >= 0.3 is 0 Å². The highest BCUT2D eigenvalue weighted by Gasteiger charge is 2.05. The molecule has 0 saturated carbocycles. The van der Waals surface area contributed by atoms with Crippen LogP contribution in [0.2, 0.25) is 5.02 Å². The van der Waals surface area contributed by atoms with Crippen LogP contribution in [0.3, 0.4) is 0 Å². The Hall–Kier alpha value is -2.59. The van der Waals surface area contributed by atoms with Gasteiger partial charge in [0.05, 0.1) is 0 Å². The van der Waals surface area contributed by atoms with Gasteiger partial charge in [-0.25, -0.2) is 4.98 Å². The molecular formula is C19H19ClN4. The summed E-state index contributed by atoms with van der Waals surface area (Å²) >= 11 is 6.03. The van der Waals surface area contributed by atoms with Crippen molar-refractivity contribution in [3.63, 3.8) is 0 Å². The lowest BCUT2D eigenvalue weighted by molar-refractivity contribution is 1.11. The van der Waals surface area contributed by atoms with Crippen LogP contribution in [0.15, 0.2) is 48.5 Å². The molecule has 0 aliphatic carbocycles. The van der Waals surface area contributed by atoms with E-state index in [1.54, 1.807) is 0 Å². The highest BCUT2D eigenvalue weighted by Crippen LogP contribution is 2.22. The molecule has 5 heteroatoms. The summed E-state index contributed by atoms with van der Waals surface area (Å²) in [7, 11) is 0. The standard InChI is InChI=1S/C19H19ClN4/c1-12-7-13(2)9-17(8-12)23-19-21-14(3)10-18(24-19)22-16-6-4-5-15(20)11-16/h4-11H,1-3H3,(H2,21,22,23,24). The third-order valence-electron chi connectivity index (χ3n) is 3.43. The molecule has 0 radical (unpaired) electrons. The highest BCUT2D eigenvalue weighted by atomic mass is 35.5. The van der Waals surface area contributed by atoms with Gasteiger partial charge in [0.25, 0.3) is 0 Å². The third-order valence-corrected chi connectivity index (χ3v) is 3.66. The summed E-state index contributed by atoms with van der Waals surface area (Å²) in [5, 5.41) is 7.21. The Labute approximate surface area is 146 Å². The minimum absolute atomic E-state index is 0.560. The van der Waals surface area contributed by atoms with E-state index < -0.39 is 0 Å². The zero-order valence-corrected chi connectivity index (χ0v) is 14.6. The number of halogens is 1. The van der Waals surface area contributed by atoms with Gasteiger partial charge in [0, 0.05) is 28.2 Å². The molecule has 0 fully saturated rings. The van der Waals surface area contributed by atoms with E-state index >= 15 is 0 Å². The van der Waals surface area contributed by atoms with E-state index in [2.05, 4.69) is 52.6 Å². The average molecular weight is 339 g/mol. The molecule has 4 nitrogen and oxygen atoms in total. The fraction of sp³-hybridized carbons (Fsp3) is 0.158.